The minimum atomic E-state index is -0.508. The molecule has 0 spiro atoms. The first-order valence-corrected chi connectivity index (χ1v) is 14.3. The van der Waals surface area contributed by atoms with E-state index in [2.05, 4.69) is 37.0 Å². The van der Waals surface area contributed by atoms with Gasteiger partial charge in [-0.05, 0) is 13.0 Å². The summed E-state index contributed by atoms with van der Waals surface area (Å²) in [5, 5.41) is 14.0. The molecule has 2 aromatic carbocycles. The number of benzene rings is 2. The fraction of sp³-hybridized carbons (Fsp3) is 0.214. The summed E-state index contributed by atoms with van der Waals surface area (Å²) >= 11 is 2.36. The summed E-state index contributed by atoms with van der Waals surface area (Å²) in [7, 11) is 1.29. The third-order valence-corrected chi connectivity index (χ3v) is 6.77. The van der Waals surface area contributed by atoms with Crippen LogP contribution < -0.4 is 11.3 Å². The Kier molecular flexibility index (Phi) is 11.6. The SMILES string of the molecule is CC.CCCN.COC(=O)c1cnc(N=Nc2c(-c3ccccc3)[nH]n(-c3nc(-c4ccccc4)cs3)c2=O)s1. The van der Waals surface area contributed by atoms with E-state index in [1.165, 1.54) is 29.3 Å². The lowest BCUT2D eigenvalue weighted by Crippen LogP contribution is -2.13. The van der Waals surface area contributed by atoms with Gasteiger partial charge in [0.2, 0.25) is 10.3 Å². The average Bonchev–Trinajstić information content (AvgIpc) is 3.77. The van der Waals surface area contributed by atoms with Crippen LogP contribution in [0.3, 0.4) is 0 Å². The molecule has 5 rings (SSSR count). The van der Waals surface area contributed by atoms with Gasteiger partial charge >= 0.3 is 11.5 Å². The molecule has 5 aromatic rings. The molecule has 0 aliphatic carbocycles. The van der Waals surface area contributed by atoms with E-state index in [1.807, 2.05) is 79.9 Å². The van der Waals surface area contributed by atoms with Crippen LogP contribution >= 0.6 is 22.7 Å². The van der Waals surface area contributed by atoms with Crippen molar-refractivity contribution in [3.63, 3.8) is 0 Å². The van der Waals surface area contributed by atoms with E-state index in [4.69, 9.17) is 5.73 Å². The summed E-state index contributed by atoms with van der Waals surface area (Å²) in [5.41, 5.74) is 7.72. The summed E-state index contributed by atoms with van der Waals surface area (Å²) in [6, 6.07) is 19.1. The smallest absolute Gasteiger partial charge is 0.349 e. The second-order valence-corrected chi connectivity index (χ2v) is 9.56. The van der Waals surface area contributed by atoms with Crippen LogP contribution in [0.2, 0.25) is 0 Å². The van der Waals surface area contributed by atoms with Gasteiger partial charge in [0.1, 0.15) is 4.88 Å². The number of aromatic nitrogens is 4. The van der Waals surface area contributed by atoms with Crippen molar-refractivity contribution in [2.24, 2.45) is 16.0 Å². The highest BCUT2D eigenvalue weighted by atomic mass is 32.1. The predicted octanol–water partition coefficient (Wildman–Crippen LogP) is 7.00. The van der Waals surface area contributed by atoms with Crippen LogP contribution in [-0.2, 0) is 4.74 Å². The second kappa shape index (κ2) is 15.4. The number of ether oxygens (including phenoxy) is 1. The van der Waals surface area contributed by atoms with Gasteiger partial charge in [-0.2, -0.15) is 4.68 Å². The molecule has 0 atom stereocenters. The summed E-state index contributed by atoms with van der Waals surface area (Å²) in [5.74, 6) is -0.508. The Morgan fingerprint density at radius 3 is 2.27 bits per heavy atom. The van der Waals surface area contributed by atoms with Crippen molar-refractivity contribution >= 4 is 39.5 Å². The summed E-state index contributed by atoms with van der Waals surface area (Å²) < 4.78 is 6.05. The number of thiazole rings is 2. The van der Waals surface area contributed by atoms with Gasteiger partial charge < -0.3 is 10.5 Å². The maximum atomic E-state index is 13.3. The fourth-order valence-electron chi connectivity index (χ4n) is 3.17. The monoisotopic (exact) mass is 577 g/mol. The van der Waals surface area contributed by atoms with Crippen molar-refractivity contribution in [2.75, 3.05) is 13.7 Å². The Morgan fingerprint density at radius 2 is 1.68 bits per heavy atom. The summed E-state index contributed by atoms with van der Waals surface area (Å²) in [6.45, 7) is 6.88. The van der Waals surface area contributed by atoms with E-state index < -0.39 is 11.5 Å². The molecule has 0 aliphatic rings. The second-order valence-electron chi connectivity index (χ2n) is 7.71. The summed E-state index contributed by atoms with van der Waals surface area (Å²) in [6.07, 6.45) is 2.46. The molecule has 208 valence electrons. The average molecular weight is 578 g/mol. The molecule has 0 aliphatic heterocycles. The van der Waals surface area contributed by atoms with Crippen molar-refractivity contribution in [1.29, 1.82) is 0 Å². The number of aromatic amines is 1. The lowest BCUT2D eigenvalue weighted by Gasteiger charge is -1.99. The van der Waals surface area contributed by atoms with Crippen LogP contribution in [0.4, 0.5) is 10.8 Å². The van der Waals surface area contributed by atoms with Crippen molar-refractivity contribution in [1.82, 2.24) is 19.7 Å². The fourth-order valence-corrected chi connectivity index (χ4v) is 4.62. The highest BCUT2D eigenvalue weighted by Gasteiger charge is 2.19. The largest absolute Gasteiger partial charge is 0.465 e. The Balaban J connectivity index is 0.000000677. The molecule has 0 amide bonds. The number of nitrogens with zero attached hydrogens (tertiary/aromatic N) is 5. The number of H-pyrrole nitrogens is 1. The summed E-state index contributed by atoms with van der Waals surface area (Å²) in [4.78, 5) is 34.0. The van der Waals surface area contributed by atoms with Crippen LogP contribution in [0.1, 0.15) is 36.9 Å². The van der Waals surface area contributed by atoms with Crippen molar-refractivity contribution in [3.05, 3.63) is 87.5 Å². The number of hydrogen-bond donors (Lipinski definition) is 2. The van der Waals surface area contributed by atoms with Gasteiger partial charge in [0, 0.05) is 16.5 Å². The first-order chi connectivity index (χ1) is 19.5. The zero-order valence-corrected chi connectivity index (χ0v) is 24.3. The van der Waals surface area contributed by atoms with E-state index >= 15 is 0 Å². The van der Waals surface area contributed by atoms with Gasteiger partial charge in [-0.3, -0.25) is 9.89 Å². The third kappa shape index (κ3) is 7.44. The van der Waals surface area contributed by atoms with E-state index in [0.29, 0.717) is 15.7 Å². The van der Waals surface area contributed by atoms with Crippen LogP contribution in [0.5, 0.6) is 0 Å². The normalized spacial score (nSPS) is 10.4. The molecule has 0 saturated heterocycles. The van der Waals surface area contributed by atoms with Crippen LogP contribution in [0.25, 0.3) is 27.6 Å². The first kappa shape index (κ1) is 30.3. The molecular weight excluding hydrogens is 546 g/mol. The van der Waals surface area contributed by atoms with Gasteiger partial charge in [0.05, 0.1) is 24.7 Å². The molecule has 0 fully saturated rings. The molecule has 40 heavy (non-hydrogen) atoms. The molecule has 0 bridgehead atoms. The lowest BCUT2D eigenvalue weighted by molar-refractivity contribution is 0.0606. The zero-order valence-electron chi connectivity index (χ0n) is 22.7. The Labute approximate surface area is 240 Å². The van der Waals surface area contributed by atoms with Crippen LogP contribution in [0, 0.1) is 0 Å². The third-order valence-electron chi connectivity index (χ3n) is 5.09. The minimum Gasteiger partial charge on any atom is -0.465 e. The maximum absolute atomic E-state index is 13.3. The number of nitrogens with two attached hydrogens (primary N) is 1. The van der Waals surface area contributed by atoms with Crippen molar-refractivity contribution < 1.29 is 9.53 Å². The molecule has 10 nitrogen and oxygen atoms in total. The molecule has 3 heterocycles. The van der Waals surface area contributed by atoms with Gasteiger partial charge in [0.25, 0.3) is 0 Å². The molecule has 12 heteroatoms. The predicted molar refractivity (Wildman–Crippen MR) is 161 cm³/mol. The lowest BCUT2D eigenvalue weighted by atomic mass is 10.1. The van der Waals surface area contributed by atoms with E-state index in [1.54, 1.807) is 0 Å². The van der Waals surface area contributed by atoms with Crippen LogP contribution in [-0.4, -0.2) is 39.4 Å². The number of nitrogens with one attached hydrogen (secondary N) is 1. The van der Waals surface area contributed by atoms with Gasteiger partial charge in [-0.15, -0.1) is 21.6 Å². The number of esters is 1. The van der Waals surface area contributed by atoms with E-state index in [-0.39, 0.29) is 10.8 Å². The van der Waals surface area contributed by atoms with Gasteiger partial charge in [0.15, 0.2) is 5.69 Å². The molecular formula is C28H31N7O3S2. The highest BCUT2D eigenvalue weighted by Crippen LogP contribution is 2.30. The van der Waals surface area contributed by atoms with Crippen molar-refractivity contribution in [3.8, 4) is 27.6 Å². The molecule has 3 aromatic heterocycles. The van der Waals surface area contributed by atoms with Crippen LogP contribution in [0.15, 0.2) is 87.3 Å². The Hall–Kier alpha value is -4.26. The van der Waals surface area contributed by atoms with E-state index in [9.17, 15) is 9.59 Å². The number of methoxy groups -OCH3 is 1. The topological polar surface area (TPSA) is 141 Å². The minimum absolute atomic E-state index is 0.109. The number of carbonyl (C=O) groups is 1. The van der Waals surface area contributed by atoms with Gasteiger partial charge in [-0.1, -0.05) is 92.8 Å². The highest BCUT2D eigenvalue weighted by molar-refractivity contribution is 7.17. The molecule has 0 saturated carbocycles. The maximum Gasteiger partial charge on any atom is 0.349 e. The number of azo groups is 1. The van der Waals surface area contributed by atoms with E-state index in [0.717, 1.165) is 41.1 Å². The van der Waals surface area contributed by atoms with Crippen molar-refractivity contribution in [2.45, 2.75) is 27.2 Å². The van der Waals surface area contributed by atoms with Gasteiger partial charge in [-0.25, -0.2) is 14.8 Å². The first-order valence-electron chi connectivity index (χ1n) is 12.6. The quantitative estimate of drug-likeness (QED) is 0.158. The molecule has 0 radical (unpaired) electrons. The standard InChI is InChI=1S/C23H16N6O3S2.C3H9N.C2H6/c1-32-21(31)17-12-24-22(34-17)27-26-19-18(15-10-6-3-7-11-15)28-29(20(19)30)23-25-16(13-33-23)14-8-4-2-5-9-14;1-2-3-4;1-2/h2-13,28H,1H3;2-4H2,1H3;1-2H3. The Bertz CT molecular complexity index is 1570. The molecule has 3 N–H and O–H groups in total. The number of rotatable bonds is 7. The number of carbonyl (C=O) groups excluding carboxylic acids is 1. The number of hydrogen-bond acceptors (Lipinski definition) is 10. The Morgan fingerprint density at radius 1 is 1.05 bits per heavy atom. The zero-order chi connectivity index (χ0) is 28.9. The molecule has 0 unspecified atom stereocenters.